The SMILES string of the molecule is O=C(OCc1nnc(-c2ccc(Br)s2)o1)c1cccnc1Oc1ccccc1. The maximum Gasteiger partial charge on any atom is 0.344 e. The van der Waals surface area contributed by atoms with Crippen molar-refractivity contribution in [3.63, 3.8) is 0 Å². The van der Waals surface area contributed by atoms with Crippen LogP contribution in [0, 0.1) is 0 Å². The molecule has 0 aliphatic heterocycles. The summed E-state index contributed by atoms with van der Waals surface area (Å²) in [6.07, 6.45) is 1.54. The molecule has 0 bridgehead atoms. The summed E-state index contributed by atoms with van der Waals surface area (Å²) in [4.78, 5) is 17.4. The highest BCUT2D eigenvalue weighted by Crippen LogP contribution is 2.30. The van der Waals surface area contributed by atoms with E-state index in [4.69, 9.17) is 13.9 Å². The average Bonchev–Trinajstić information content (AvgIpc) is 3.36. The topological polar surface area (TPSA) is 87.3 Å². The maximum absolute atomic E-state index is 12.5. The summed E-state index contributed by atoms with van der Waals surface area (Å²) in [5, 5.41) is 7.88. The number of hydrogen-bond donors (Lipinski definition) is 0. The van der Waals surface area contributed by atoms with E-state index in [1.165, 1.54) is 11.3 Å². The Bertz CT molecular complexity index is 1100. The Kier molecular flexibility index (Phi) is 5.45. The molecule has 0 atom stereocenters. The van der Waals surface area contributed by atoms with E-state index in [2.05, 4.69) is 31.1 Å². The van der Waals surface area contributed by atoms with Crippen LogP contribution in [0.15, 0.2) is 69.0 Å². The summed E-state index contributed by atoms with van der Waals surface area (Å²) in [5.74, 6) is 0.698. The first-order chi connectivity index (χ1) is 13.7. The highest BCUT2D eigenvalue weighted by molar-refractivity contribution is 9.11. The molecule has 4 aromatic rings. The highest BCUT2D eigenvalue weighted by Gasteiger charge is 2.18. The second kappa shape index (κ2) is 8.32. The van der Waals surface area contributed by atoms with E-state index in [-0.39, 0.29) is 23.9 Å². The van der Waals surface area contributed by atoms with Crippen molar-refractivity contribution >= 4 is 33.2 Å². The molecule has 0 fully saturated rings. The predicted molar refractivity (Wildman–Crippen MR) is 105 cm³/mol. The van der Waals surface area contributed by atoms with Crippen molar-refractivity contribution in [3.05, 3.63) is 76.0 Å². The lowest BCUT2D eigenvalue weighted by molar-refractivity contribution is 0.0435. The quantitative estimate of drug-likeness (QED) is 0.371. The number of esters is 1. The molecule has 0 amide bonds. The first kappa shape index (κ1) is 18.3. The lowest BCUT2D eigenvalue weighted by Gasteiger charge is -2.09. The van der Waals surface area contributed by atoms with Crippen molar-refractivity contribution in [2.24, 2.45) is 0 Å². The van der Waals surface area contributed by atoms with Gasteiger partial charge in [0, 0.05) is 6.20 Å². The van der Waals surface area contributed by atoms with Crippen LogP contribution in [0.25, 0.3) is 10.8 Å². The molecule has 0 saturated carbocycles. The third-order valence-corrected chi connectivity index (χ3v) is 5.14. The zero-order valence-electron chi connectivity index (χ0n) is 14.2. The average molecular weight is 458 g/mol. The van der Waals surface area contributed by atoms with Crippen LogP contribution in [-0.4, -0.2) is 21.2 Å². The van der Waals surface area contributed by atoms with Crippen molar-refractivity contribution in [1.29, 1.82) is 0 Å². The number of halogens is 1. The summed E-state index contributed by atoms with van der Waals surface area (Å²) in [6, 6.07) is 16.0. The summed E-state index contributed by atoms with van der Waals surface area (Å²) in [6.45, 7) is -0.155. The van der Waals surface area contributed by atoms with Crippen LogP contribution >= 0.6 is 27.3 Å². The van der Waals surface area contributed by atoms with Crippen molar-refractivity contribution in [1.82, 2.24) is 15.2 Å². The van der Waals surface area contributed by atoms with Gasteiger partial charge in [0.15, 0.2) is 6.61 Å². The lowest BCUT2D eigenvalue weighted by atomic mass is 10.2. The molecule has 0 unspecified atom stereocenters. The van der Waals surface area contributed by atoms with Gasteiger partial charge in [0.1, 0.15) is 11.3 Å². The zero-order chi connectivity index (χ0) is 19.3. The van der Waals surface area contributed by atoms with Crippen molar-refractivity contribution < 1.29 is 18.7 Å². The normalized spacial score (nSPS) is 10.6. The summed E-state index contributed by atoms with van der Waals surface area (Å²) in [7, 11) is 0. The molecule has 0 spiro atoms. The molecule has 0 aliphatic rings. The Balaban J connectivity index is 1.44. The third-order valence-electron chi connectivity index (χ3n) is 3.53. The molecule has 4 rings (SSSR count). The standard InChI is InChI=1S/C19H12BrN3O4S/c20-15-9-8-14(28-15)18-23-22-16(27-18)11-25-19(24)13-7-4-10-21-17(13)26-12-5-2-1-3-6-12/h1-10H,11H2. The molecule has 3 aromatic heterocycles. The molecular formula is C19H12BrN3O4S. The van der Waals surface area contributed by atoms with Gasteiger partial charge < -0.3 is 13.9 Å². The van der Waals surface area contributed by atoms with E-state index >= 15 is 0 Å². The Labute approximate surface area is 172 Å². The van der Waals surface area contributed by atoms with Gasteiger partial charge in [0.05, 0.1) is 8.66 Å². The van der Waals surface area contributed by atoms with Crippen LogP contribution in [0.5, 0.6) is 11.6 Å². The number of thiophene rings is 1. The van der Waals surface area contributed by atoms with Crippen LogP contribution in [0.1, 0.15) is 16.2 Å². The number of rotatable bonds is 6. The molecule has 7 nitrogen and oxygen atoms in total. The van der Waals surface area contributed by atoms with E-state index in [1.54, 1.807) is 30.5 Å². The van der Waals surface area contributed by atoms with E-state index in [9.17, 15) is 4.79 Å². The van der Waals surface area contributed by atoms with E-state index in [0.29, 0.717) is 11.6 Å². The first-order valence-corrected chi connectivity index (χ1v) is 9.73. The van der Waals surface area contributed by atoms with Crippen LogP contribution in [0.2, 0.25) is 0 Å². The summed E-state index contributed by atoms with van der Waals surface area (Å²) in [5.41, 5.74) is 0.202. The maximum atomic E-state index is 12.5. The fraction of sp³-hybridized carbons (Fsp3) is 0.0526. The van der Waals surface area contributed by atoms with Gasteiger partial charge in [0.2, 0.25) is 5.88 Å². The number of benzene rings is 1. The molecule has 0 aliphatic carbocycles. The van der Waals surface area contributed by atoms with Crippen molar-refractivity contribution in [3.8, 4) is 22.4 Å². The van der Waals surface area contributed by atoms with Gasteiger partial charge >= 0.3 is 5.97 Å². The Hall–Kier alpha value is -3.04. The van der Waals surface area contributed by atoms with E-state index in [1.807, 2.05) is 30.3 Å². The van der Waals surface area contributed by atoms with Gasteiger partial charge in [-0.05, 0) is 52.3 Å². The second-order valence-electron chi connectivity index (χ2n) is 5.45. The minimum Gasteiger partial charge on any atom is -0.452 e. The molecule has 28 heavy (non-hydrogen) atoms. The van der Waals surface area contributed by atoms with Gasteiger partial charge in [-0.15, -0.1) is 21.5 Å². The smallest absolute Gasteiger partial charge is 0.344 e. The van der Waals surface area contributed by atoms with E-state index < -0.39 is 5.97 Å². The fourth-order valence-electron chi connectivity index (χ4n) is 2.27. The summed E-state index contributed by atoms with van der Waals surface area (Å²) >= 11 is 4.85. The van der Waals surface area contributed by atoms with Crippen molar-refractivity contribution in [2.45, 2.75) is 6.61 Å². The van der Waals surface area contributed by atoms with E-state index in [0.717, 1.165) is 8.66 Å². The summed E-state index contributed by atoms with van der Waals surface area (Å²) < 4.78 is 17.5. The van der Waals surface area contributed by atoms with Crippen LogP contribution < -0.4 is 4.74 Å². The van der Waals surface area contributed by atoms with Crippen LogP contribution in [0.3, 0.4) is 0 Å². The largest absolute Gasteiger partial charge is 0.452 e. The minimum atomic E-state index is -0.599. The number of hydrogen-bond acceptors (Lipinski definition) is 8. The molecule has 3 heterocycles. The Morgan fingerprint density at radius 3 is 2.71 bits per heavy atom. The number of carbonyl (C=O) groups excluding carboxylic acids is 1. The molecule has 1 aromatic carbocycles. The fourth-order valence-corrected chi connectivity index (χ4v) is 3.58. The van der Waals surface area contributed by atoms with Gasteiger partial charge in [-0.3, -0.25) is 0 Å². The Morgan fingerprint density at radius 2 is 1.93 bits per heavy atom. The van der Waals surface area contributed by atoms with Gasteiger partial charge in [-0.2, -0.15) is 0 Å². The van der Waals surface area contributed by atoms with Gasteiger partial charge in [-0.25, -0.2) is 9.78 Å². The number of nitrogens with zero attached hydrogens (tertiary/aromatic N) is 3. The van der Waals surface area contributed by atoms with Crippen LogP contribution in [0.4, 0.5) is 0 Å². The number of para-hydroxylation sites is 1. The van der Waals surface area contributed by atoms with Crippen molar-refractivity contribution in [2.75, 3.05) is 0 Å². The molecule has 140 valence electrons. The second-order valence-corrected chi connectivity index (χ2v) is 7.92. The third kappa shape index (κ3) is 4.26. The molecule has 9 heteroatoms. The molecular weight excluding hydrogens is 446 g/mol. The lowest BCUT2D eigenvalue weighted by Crippen LogP contribution is -2.08. The highest BCUT2D eigenvalue weighted by atomic mass is 79.9. The minimum absolute atomic E-state index is 0.155. The zero-order valence-corrected chi connectivity index (χ0v) is 16.6. The number of pyridine rings is 1. The van der Waals surface area contributed by atoms with Gasteiger partial charge in [-0.1, -0.05) is 18.2 Å². The number of carbonyl (C=O) groups is 1. The molecule has 0 saturated heterocycles. The number of aromatic nitrogens is 3. The van der Waals surface area contributed by atoms with Gasteiger partial charge in [0.25, 0.3) is 11.8 Å². The number of ether oxygens (including phenoxy) is 2. The predicted octanol–water partition coefficient (Wildman–Crippen LogP) is 5.10. The monoisotopic (exact) mass is 457 g/mol. The Morgan fingerprint density at radius 1 is 1.07 bits per heavy atom. The molecule has 0 radical (unpaired) electrons. The molecule has 0 N–H and O–H groups in total. The van der Waals surface area contributed by atoms with Crippen LogP contribution in [-0.2, 0) is 11.3 Å². The first-order valence-electron chi connectivity index (χ1n) is 8.12.